The molecule has 0 heterocycles. The number of aliphatic hydroxyl groups is 1. The molecule has 5 atom stereocenters. The zero-order valence-electron chi connectivity index (χ0n) is 15.1. The number of hydrogen-bond acceptors (Lipinski definition) is 3. The van der Waals surface area contributed by atoms with E-state index >= 15 is 0 Å². The molecule has 0 saturated heterocycles. The van der Waals surface area contributed by atoms with Gasteiger partial charge in [0.15, 0.2) is 0 Å². The number of ether oxygens (including phenoxy) is 1. The molecular weight excluding hydrogens is 288 g/mol. The summed E-state index contributed by atoms with van der Waals surface area (Å²) in [5.41, 5.74) is 1.57. The second kappa shape index (κ2) is 7.83. The number of aliphatic hydroxyl groups excluding tert-OH is 1. The molecule has 0 amide bonds. The first-order valence-corrected chi connectivity index (χ1v) is 9.30. The maximum absolute atomic E-state index is 12.2. The fraction of sp³-hybridized carbons (Fsp3) is 0.850. The monoisotopic (exact) mass is 322 g/mol. The minimum Gasteiger partial charge on any atom is -0.469 e. The predicted octanol–water partition coefficient (Wildman–Crippen LogP) is 4.35. The summed E-state index contributed by atoms with van der Waals surface area (Å²) in [4.78, 5) is 12.2. The lowest BCUT2D eigenvalue weighted by Crippen LogP contribution is -2.48. The molecule has 0 aromatic rings. The van der Waals surface area contributed by atoms with Gasteiger partial charge in [-0.3, -0.25) is 4.79 Å². The number of esters is 1. The summed E-state index contributed by atoms with van der Waals surface area (Å²) < 4.78 is 5.09. The molecule has 2 aliphatic carbocycles. The molecule has 0 aromatic heterocycles. The van der Waals surface area contributed by atoms with Crippen LogP contribution in [0.4, 0.5) is 0 Å². The van der Waals surface area contributed by atoms with E-state index in [0.717, 1.165) is 44.9 Å². The topological polar surface area (TPSA) is 46.5 Å². The van der Waals surface area contributed by atoms with Crippen molar-refractivity contribution >= 4 is 5.97 Å². The minimum atomic E-state index is -0.0131. The van der Waals surface area contributed by atoms with Gasteiger partial charge in [0.2, 0.25) is 0 Å². The summed E-state index contributed by atoms with van der Waals surface area (Å²) in [6.07, 6.45) is 8.57. The van der Waals surface area contributed by atoms with E-state index in [-0.39, 0.29) is 23.9 Å². The molecule has 2 fully saturated rings. The van der Waals surface area contributed by atoms with Crippen LogP contribution in [0.3, 0.4) is 0 Å². The van der Waals surface area contributed by atoms with Crippen molar-refractivity contribution in [2.75, 3.05) is 13.7 Å². The highest BCUT2D eigenvalue weighted by Crippen LogP contribution is 2.58. The molecule has 0 radical (unpaired) electrons. The van der Waals surface area contributed by atoms with E-state index in [4.69, 9.17) is 9.84 Å². The summed E-state index contributed by atoms with van der Waals surface area (Å²) in [5, 5.41) is 9.12. The fourth-order valence-electron chi connectivity index (χ4n) is 5.28. The lowest BCUT2D eigenvalue weighted by Gasteiger charge is -2.54. The van der Waals surface area contributed by atoms with E-state index in [2.05, 4.69) is 20.4 Å². The number of methoxy groups -OCH3 is 1. The molecule has 0 aromatic carbocycles. The average Bonchev–Trinajstić information content (AvgIpc) is 2.52. The van der Waals surface area contributed by atoms with Crippen LogP contribution in [0.5, 0.6) is 0 Å². The van der Waals surface area contributed by atoms with Gasteiger partial charge in [-0.25, -0.2) is 0 Å². The summed E-state index contributed by atoms with van der Waals surface area (Å²) in [5.74, 6) is 1.56. The first-order valence-electron chi connectivity index (χ1n) is 9.30. The first-order chi connectivity index (χ1) is 10.9. The summed E-state index contributed by atoms with van der Waals surface area (Å²) in [7, 11) is 1.52. The standard InChI is InChI=1S/C20H34O3/c1-14(11-13-21)7-9-17-15(2)8-10-18-16(19(22)23-4)6-5-12-20(17,18)3/h14,16-18,21H,2,5-13H2,1,3-4H3/t14?,16-,17-,18-,20+/m1/s1. The van der Waals surface area contributed by atoms with Crippen LogP contribution >= 0.6 is 0 Å². The fourth-order valence-corrected chi connectivity index (χ4v) is 5.28. The molecule has 0 bridgehead atoms. The number of carbonyl (C=O) groups is 1. The number of carbonyl (C=O) groups excluding carboxylic acids is 1. The Morgan fingerprint density at radius 3 is 2.83 bits per heavy atom. The number of allylic oxidation sites excluding steroid dienone is 1. The third-order valence-electron chi connectivity index (χ3n) is 6.70. The third kappa shape index (κ3) is 3.81. The van der Waals surface area contributed by atoms with Crippen molar-refractivity contribution in [1.29, 1.82) is 0 Å². The molecule has 0 spiro atoms. The summed E-state index contributed by atoms with van der Waals surface area (Å²) >= 11 is 0. The Kier molecular flexibility index (Phi) is 6.30. The normalized spacial score (nSPS) is 35.5. The zero-order chi connectivity index (χ0) is 17.0. The van der Waals surface area contributed by atoms with E-state index in [9.17, 15) is 4.79 Å². The quantitative estimate of drug-likeness (QED) is 0.584. The first kappa shape index (κ1) is 18.5. The molecular formula is C20H34O3. The molecule has 3 heteroatoms. The van der Waals surface area contributed by atoms with Gasteiger partial charge in [-0.15, -0.1) is 0 Å². The Labute approximate surface area is 141 Å². The largest absolute Gasteiger partial charge is 0.469 e. The van der Waals surface area contributed by atoms with Gasteiger partial charge in [0, 0.05) is 6.61 Å². The van der Waals surface area contributed by atoms with Gasteiger partial charge in [-0.1, -0.05) is 38.8 Å². The number of rotatable bonds is 6. The van der Waals surface area contributed by atoms with Crippen molar-refractivity contribution in [3.63, 3.8) is 0 Å². The van der Waals surface area contributed by atoms with Gasteiger partial charge in [0.05, 0.1) is 13.0 Å². The SMILES string of the molecule is C=C1CC[C@@H]2[C@H](C(=O)OC)CCC[C@@]2(C)[C@@H]1CCC(C)CCO. The Morgan fingerprint density at radius 2 is 2.17 bits per heavy atom. The maximum atomic E-state index is 12.2. The van der Waals surface area contributed by atoms with Crippen molar-refractivity contribution in [3.05, 3.63) is 12.2 Å². The van der Waals surface area contributed by atoms with Crippen LogP contribution in [0.15, 0.2) is 12.2 Å². The van der Waals surface area contributed by atoms with E-state index in [1.54, 1.807) is 0 Å². The van der Waals surface area contributed by atoms with Crippen LogP contribution in [0.2, 0.25) is 0 Å². The third-order valence-corrected chi connectivity index (χ3v) is 6.70. The Morgan fingerprint density at radius 1 is 1.43 bits per heavy atom. The van der Waals surface area contributed by atoms with Crippen molar-refractivity contribution in [1.82, 2.24) is 0 Å². The molecule has 2 rings (SSSR count). The van der Waals surface area contributed by atoms with Crippen molar-refractivity contribution < 1.29 is 14.6 Å². The highest BCUT2D eigenvalue weighted by molar-refractivity contribution is 5.73. The number of hydrogen-bond donors (Lipinski definition) is 1. The molecule has 2 aliphatic rings. The Hall–Kier alpha value is -0.830. The van der Waals surface area contributed by atoms with Crippen molar-refractivity contribution in [2.45, 2.75) is 65.2 Å². The van der Waals surface area contributed by atoms with Crippen LogP contribution in [0, 0.1) is 29.1 Å². The predicted molar refractivity (Wildman–Crippen MR) is 92.9 cm³/mol. The molecule has 3 nitrogen and oxygen atoms in total. The molecule has 1 N–H and O–H groups in total. The van der Waals surface area contributed by atoms with Crippen molar-refractivity contribution in [2.24, 2.45) is 29.1 Å². The van der Waals surface area contributed by atoms with Crippen LogP contribution < -0.4 is 0 Å². The van der Waals surface area contributed by atoms with Gasteiger partial charge in [0.25, 0.3) is 0 Å². The van der Waals surface area contributed by atoms with Crippen molar-refractivity contribution in [3.8, 4) is 0 Å². The molecule has 23 heavy (non-hydrogen) atoms. The summed E-state index contributed by atoms with van der Waals surface area (Å²) in [6.45, 7) is 9.26. The molecule has 2 saturated carbocycles. The Bertz CT molecular complexity index is 431. The van der Waals surface area contributed by atoms with Gasteiger partial charge < -0.3 is 9.84 Å². The van der Waals surface area contributed by atoms with Crippen LogP contribution in [0.1, 0.15) is 65.2 Å². The highest BCUT2D eigenvalue weighted by Gasteiger charge is 2.51. The second-order valence-corrected chi connectivity index (χ2v) is 8.08. The van der Waals surface area contributed by atoms with E-state index in [0.29, 0.717) is 17.8 Å². The lowest BCUT2D eigenvalue weighted by molar-refractivity contribution is -0.154. The second-order valence-electron chi connectivity index (χ2n) is 8.08. The zero-order valence-corrected chi connectivity index (χ0v) is 15.1. The van der Waals surface area contributed by atoms with Gasteiger partial charge >= 0.3 is 5.97 Å². The van der Waals surface area contributed by atoms with Gasteiger partial charge in [0.1, 0.15) is 0 Å². The van der Waals surface area contributed by atoms with E-state index in [1.165, 1.54) is 19.1 Å². The molecule has 1 unspecified atom stereocenters. The van der Waals surface area contributed by atoms with E-state index < -0.39 is 0 Å². The number of fused-ring (bicyclic) bond motifs is 1. The van der Waals surface area contributed by atoms with Gasteiger partial charge in [-0.2, -0.15) is 0 Å². The highest BCUT2D eigenvalue weighted by atomic mass is 16.5. The van der Waals surface area contributed by atoms with Crippen LogP contribution in [-0.4, -0.2) is 24.8 Å². The van der Waals surface area contributed by atoms with Crippen LogP contribution in [0.25, 0.3) is 0 Å². The molecule has 0 aliphatic heterocycles. The summed E-state index contributed by atoms with van der Waals surface area (Å²) in [6, 6.07) is 0. The smallest absolute Gasteiger partial charge is 0.308 e. The molecule has 132 valence electrons. The average molecular weight is 322 g/mol. The van der Waals surface area contributed by atoms with E-state index in [1.807, 2.05) is 0 Å². The Balaban J connectivity index is 2.14. The minimum absolute atomic E-state index is 0.0131. The van der Waals surface area contributed by atoms with Crippen LogP contribution in [-0.2, 0) is 9.53 Å². The lowest BCUT2D eigenvalue weighted by atomic mass is 9.50. The van der Waals surface area contributed by atoms with Gasteiger partial charge in [-0.05, 0) is 61.7 Å². The maximum Gasteiger partial charge on any atom is 0.308 e.